The first kappa shape index (κ1) is 12.0. The molecule has 0 aliphatic rings. The van der Waals surface area contributed by atoms with E-state index >= 15 is 0 Å². The Morgan fingerprint density at radius 3 is 2.95 bits per heavy atom. The summed E-state index contributed by atoms with van der Waals surface area (Å²) in [7, 11) is 0. The van der Waals surface area contributed by atoms with E-state index in [4.69, 9.17) is 10.2 Å². The number of hydrogen-bond acceptors (Lipinski definition) is 3. The molecule has 0 spiro atoms. The SMILES string of the molecule is Nc1ccc2nc(Cn3ccc4ccc(F)cc43)oc2c1. The van der Waals surface area contributed by atoms with Crippen molar-refractivity contribution in [2.24, 2.45) is 0 Å². The summed E-state index contributed by atoms with van der Waals surface area (Å²) in [6.07, 6.45) is 1.90. The first-order chi connectivity index (χ1) is 10.2. The molecule has 21 heavy (non-hydrogen) atoms. The van der Waals surface area contributed by atoms with Crippen LogP contribution in [-0.4, -0.2) is 9.55 Å². The van der Waals surface area contributed by atoms with Gasteiger partial charge in [-0.05, 0) is 41.8 Å². The van der Waals surface area contributed by atoms with Gasteiger partial charge < -0.3 is 14.7 Å². The lowest BCUT2D eigenvalue weighted by molar-refractivity contribution is 0.513. The van der Waals surface area contributed by atoms with Crippen LogP contribution in [0.25, 0.3) is 22.0 Å². The van der Waals surface area contributed by atoms with Crippen LogP contribution >= 0.6 is 0 Å². The fraction of sp³-hybridized carbons (Fsp3) is 0.0625. The standard InChI is InChI=1S/C16H12FN3O/c17-11-2-1-10-5-6-20(14(10)7-11)9-16-19-13-4-3-12(18)8-15(13)21-16/h1-8H,9,18H2. The normalized spacial score (nSPS) is 11.5. The minimum Gasteiger partial charge on any atom is -0.439 e. The van der Waals surface area contributed by atoms with Crippen LogP contribution in [0.5, 0.6) is 0 Å². The van der Waals surface area contributed by atoms with Gasteiger partial charge in [-0.1, -0.05) is 0 Å². The van der Waals surface area contributed by atoms with Gasteiger partial charge >= 0.3 is 0 Å². The molecular formula is C16H12FN3O. The second kappa shape index (κ2) is 4.34. The third-order valence-corrected chi connectivity index (χ3v) is 3.50. The lowest BCUT2D eigenvalue weighted by atomic mass is 10.2. The number of aromatic nitrogens is 2. The van der Waals surface area contributed by atoms with Gasteiger partial charge in [-0.25, -0.2) is 9.37 Å². The highest BCUT2D eigenvalue weighted by Gasteiger charge is 2.09. The topological polar surface area (TPSA) is 57.0 Å². The molecule has 2 heterocycles. The van der Waals surface area contributed by atoms with Crippen LogP contribution in [0.3, 0.4) is 0 Å². The van der Waals surface area contributed by atoms with Crippen LogP contribution in [0.2, 0.25) is 0 Å². The lowest BCUT2D eigenvalue weighted by Gasteiger charge is -2.01. The molecule has 104 valence electrons. The summed E-state index contributed by atoms with van der Waals surface area (Å²) in [4.78, 5) is 4.42. The number of oxazole rings is 1. The number of nitrogen functional groups attached to an aromatic ring is 1. The smallest absolute Gasteiger partial charge is 0.215 e. The molecule has 0 fully saturated rings. The van der Waals surface area contributed by atoms with E-state index in [1.165, 1.54) is 12.1 Å². The second-order valence-corrected chi connectivity index (χ2v) is 4.98. The minimum absolute atomic E-state index is 0.257. The summed E-state index contributed by atoms with van der Waals surface area (Å²) in [5.74, 6) is 0.310. The van der Waals surface area contributed by atoms with Crippen molar-refractivity contribution in [1.29, 1.82) is 0 Å². The van der Waals surface area contributed by atoms with Gasteiger partial charge in [-0.3, -0.25) is 0 Å². The molecule has 0 bridgehead atoms. The van der Waals surface area contributed by atoms with E-state index < -0.39 is 0 Å². The Hall–Kier alpha value is -2.82. The Balaban J connectivity index is 1.77. The molecule has 0 radical (unpaired) electrons. The van der Waals surface area contributed by atoms with Gasteiger partial charge in [0, 0.05) is 18.0 Å². The highest BCUT2D eigenvalue weighted by atomic mass is 19.1. The summed E-state index contributed by atoms with van der Waals surface area (Å²) in [6.45, 7) is 0.446. The summed E-state index contributed by atoms with van der Waals surface area (Å²) >= 11 is 0. The molecule has 2 N–H and O–H groups in total. The molecule has 0 aliphatic carbocycles. The third kappa shape index (κ3) is 2.03. The minimum atomic E-state index is -0.257. The molecule has 0 unspecified atom stereocenters. The van der Waals surface area contributed by atoms with Crippen molar-refractivity contribution in [3.8, 4) is 0 Å². The second-order valence-electron chi connectivity index (χ2n) is 4.98. The quantitative estimate of drug-likeness (QED) is 0.572. The van der Waals surface area contributed by atoms with Gasteiger partial charge in [0.2, 0.25) is 5.89 Å². The molecular weight excluding hydrogens is 269 g/mol. The van der Waals surface area contributed by atoms with Crippen molar-refractivity contribution >= 4 is 27.7 Å². The van der Waals surface area contributed by atoms with Crippen LogP contribution in [0, 0.1) is 5.82 Å². The maximum absolute atomic E-state index is 13.4. The van der Waals surface area contributed by atoms with Crippen LogP contribution in [-0.2, 0) is 6.54 Å². The van der Waals surface area contributed by atoms with E-state index in [-0.39, 0.29) is 5.82 Å². The van der Waals surface area contributed by atoms with E-state index in [0.29, 0.717) is 23.7 Å². The van der Waals surface area contributed by atoms with Crippen LogP contribution in [0.1, 0.15) is 5.89 Å². The molecule has 4 rings (SSSR count). The fourth-order valence-electron chi connectivity index (χ4n) is 2.50. The zero-order valence-corrected chi connectivity index (χ0v) is 11.1. The molecule has 0 atom stereocenters. The first-order valence-electron chi connectivity index (χ1n) is 6.58. The summed E-state index contributed by atoms with van der Waals surface area (Å²) in [5.41, 5.74) is 8.61. The zero-order valence-electron chi connectivity index (χ0n) is 11.1. The van der Waals surface area contributed by atoms with Gasteiger partial charge in [0.05, 0.1) is 12.1 Å². The predicted molar refractivity (Wildman–Crippen MR) is 79.4 cm³/mol. The van der Waals surface area contributed by atoms with Crippen molar-refractivity contribution in [2.45, 2.75) is 6.54 Å². The van der Waals surface area contributed by atoms with E-state index in [9.17, 15) is 4.39 Å². The molecule has 0 amide bonds. The number of halogens is 1. The van der Waals surface area contributed by atoms with Gasteiger partial charge in [-0.15, -0.1) is 0 Å². The third-order valence-electron chi connectivity index (χ3n) is 3.50. The highest BCUT2D eigenvalue weighted by Crippen LogP contribution is 2.21. The number of nitrogens with zero attached hydrogens (tertiary/aromatic N) is 2. The Morgan fingerprint density at radius 1 is 1.14 bits per heavy atom. The van der Waals surface area contributed by atoms with Crippen molar-refractivity contribution in [2.75, 3.05) is 5.73 Å². The highest BCUT2D eigenvalue weighted by molar-refractivity contribution is 5.80. The van der Waals surface area contributed by atoms with E-state index in [1.807, 2.05) is 22.9 Å². The maximum atomic E-state index is 13.4. The van der Waals surface area contributed by atoms with Gasteiger partial charge in [0.15, 0.2) is 5.58 Å². The van der Waals surface area contributed by atoms with Crippen molar-refractivity contribution < 1.29 is 8.81 Å². The Kier molecular flexibility index (Phi) is 2.47. The van der Waals surface area contributed by atoms with Crippen LogP contribution < -0.4 is 5.73 Å². The van der Waals surface area contributed by atoms with E-state index in [1.54, 1.807) is 18.2 Å². The number of rotatable bonds is 2. The van der Waals surface area contributed by atoms with Crippen molar-refractivity contribution in [3.05, 3.63) is 60.4 Å². The van der Waals surface area contributed by atoms with E-state index in [0.717, 1.165) is 16.4 Å². The van der Waals surface area contributed by atoms with Crippen molar-refractivity contribution in [3.63, 3.8) is 0 Å². The summed E-state index contributed by atoms with van der Waals surface area (Å²) < 4.78 is 21.0. The Bertz CT molecular complexity index is 955. The predicted octanol–water partition coefficient (Wildman–Crippen LogP) is 3.55. The van der Waals surface area contributed by atoms with Crippen LogP contribution in [0.4, 0.5) is 10.1 Å². The lowest BCUT2D eigenvalue weighted by Crippen LogP contribution is -1.98. The van der Waals surface area contributed by atoms with Gasteiger partial charge in [0.1, 0.15) is 11.3 Å². The Morgan fingerprint density at radius 2 is 2.05 bits per heavy atom. The van der Waals surface area contributed by atoms with Gasteiger partial charge in [-0.2, -0.15) is 0 Å². The monoisotopic (exact) mass is 281 g/mol. The van der Waals surface area contributed by atoms with Crippen LogP contribution in [0.15, 0.2) is 53.1 Å². The van der Waals surface area contributed by atoms with E-state index in [2.05, 4.69) is 4.98 Å². The average Bonchev–Trinajstić information content (AvgIpc) is 3.02. The Labute approximate surface area is 119 Å². The summed E-state index contributed by atoms with van der Waals surface area (Å²) in [5, 5.41) is 0.983. The van der Waals surface area contributed by atoms with Gasteiger partial charge in [0.25, 0.3) is 0 Å². The first-order valence-corrected chi connectivity index (χ1v) is 6.58. The molecule has 0 aliphatic heterocycles. The summed E-state index contributed by atoms with van der Waals surface area (Å²) in [6, 6.07) is 12.0. The molecule has 5 heteroatoms. The molecule has 2 aromatic heterocycles. The largest absolute Gasteiger partial charge is 0.439 e. The number of benzene rings is 2. The molecule has 4 aromatic rings. The molecule has 2 aromatic carbocycles. The maximum Gasteiger partial charge on any atom is 0.215 e. The number of hydrogen-bond donors (Lipinski definition) is 1. The fourth-order valence-corrected chi connectivity index (χ4v) is 2.50. The van der Waals surface area contributed by atoms with Crippen molar-refractivity contribution in [1.82, 2.24) is 9.55 Å². The number of fused-ring (bicyclic) bond motifs is 2. The number of anilines is 1. The average molecular weight is 281 g/mol. The molecule has 4 nitrogen and oxygen atoms in total. The zero-order chi connectivity index (χ0) is 14.4. The molecule has 0 saturated carbocycles. The molecule has 0 saturated heterocycles. The number of nitrogens with two attached hydrogens (primary N) is 1.